The van der Waals surface area contributed by atoms with Crippen LogP contribution >= 0.6 is 11.3 Å². The van der Waals surface area contributed by atoms with Crippen molar-refractivity contribution < 1.29 is 14.7 Å². The predicted molar refractivity (Wildman–Crippen MR) is 74.8 cm³/mol. The van der Waals surface area contributed by atoms with Gasteiger partial charge in [0.15, 0.2) is 0 Å². The van der Waals surface area contributed by atoms with Crippen LogP contribution < -0.4 is 5.32 Å². The highest BCUT2D eigenvalue weighted by Gasteiger charge is 2.10. The van der Waals surface area contributed by atoms with Crippen molar-refractivity contribution in [1.82, 2.24) is 0 Å². The molecular weight excluding hydrogens is 262 g/mol. The van der Waals surface area contributed by atoms with E-state index in [4.69, 9.17) is 5.11 Å². The molecule has 0 aliphatic rings. The van der Waals surface area contributed by atoms with Crippen molar-refractivity contribution in [2.45, 2.75) is 13.3 Å². The van der Waals surface area contributed by atoms with Crippen LogP contribution in [0.5, 0.6) is 0 Å². The third-order valence-electron chi connectivity index (χ3n) is 2.69. The minimum atomic E-state index is -0.982. The molecule has 0 fully saturated rings. The molecule has 4 nitrogen and oxygen atoms in total. The molecule has 19 heavy (non-hydrogen) atoms. The summed E-state index contributed by atoms with van der Waals surface area (Å²) in [7, 11) is 0. The molecule has 0 aliphatic heterocycles. The van der Waals surface area contributed by atoms with Crippen LogP contribution in [0.15, 0.2) is 36.4 Å². The third kappa shape index (κ3) is 3.42. The molecule has 1 aromatic carbocycles. The molecule has 0 saturated carbocycles. The van der Waals surface area contributed by atoms with Gasteiger partial charge in [-0.3, -0.25) is 4.79 Å². The molecule has 0 bridgehead atoms. The van der Waals surface area contributed by atoms with Gasteiger partial charge in [-0.25, -0.2) is 4.79 Å². The van der Waals surface area contributed by atoms with E-state index in [1.807, 2.05) is 31.2 Å². The number of rotatable bonds is 4. The maximum Gasteiger partial charge on any atom is 0.345 e. The summed E-state index contributed by atoms with van der Waals surface area (Å²) in [6.07, 6.45) is 0.285. The number of aromatic carboxylic acids is 1. The summed E-state index contributed by atoms with van der Waals surface area (Å²) in [5.74, 6) is -1.13. The third-order valence-corrected chi connectivity index (χ3v) is 3.68. The van der Waals surface area contributed by atoms with Crippen LogP contribution in [0.2, 0.25) is 0 Å². The summed E-state index contributed by atoms with van der Waals surface area (Å²) >= 11 is 1.05. The van der Waals surface area contributed by atoms with Crippen molar-refractivity contribution in [1.29, 1.82) is 0 Å². The first-order valence-corrected chi connectivity index (χ1v) is 6.55. The second kappa shape index (κ2) is 5.67. The fourth-order valence-corrected chi connectivity index (χ4v) is 2.44. The first-order chi connectivity index (χ1) is 9.06. The average Bonchev–Trinajstić information content (AvgIpc) is 2.80. The number of hydrogen-bond donors (Lipinski definition) is 2. The van der Waals surface area contributed by atoms with Crippen molar-refractivity contribution in [2.24, 2.45) is 0 Å². The molecule has 0 spiro atoms. The smallest absolute Gasteiger partial charge is 0.345 e. The minimum absolute atomic E-state index is 0.145. The number of carbonyl (C=O) groups is 2. The topological polar surface area (TPSA) is 66.4 Å². The lowest BCUT2D eigenvalue weighted by Crippen LogP contribution is -2.14. The molecule has 2 rings (SSSR count). The molecule has 0 unspecified atom stereocenters. The Labute approximate surface area is 114 Å². The summed E-state index contributed by atoms with van der Waals surface area (Å²) in [6, 6.07) is 10.8. The number of carboxylic acids is 1. The van der Waals surface area contributed by atoms with Crippen molar-refractivity contribution >= 4 is 28.2 Å². The number of aryl methyl sites for hydroxylation is 1. The van der Waals surface area contributed by atoms with Crippen molar-refractivity contribution in [3.8, 4) is 0 Å². The Kier molecular flexibility index (Phi) is 3.97. The van der Waals surface area contributed by atoms with Gasteiger partial charge in [-0.2, -0.15) is 0 Å². The number of nitrogens with one attached hydrogen (secondary N) is 1. The molecule has 1 amide bonds. The first-order valence-electron chi connectivity index (χ1n) is 5.74. The quantitative estimate of drug-likeness (QED) is 0.901. The van der Waals surface area contributed by atoms with Gasteiger partial charge in [0.05, 0.1) is 11.4 Å². The van der Waals surface area contributed by atoms with E-state index in [2.05, 4.69) is 5.32 Å². The lowest BCUT2D eigenvalue weighted by molar-refractivity contribution is -0.115. The lowest BCUT2D eigenvalue weighted by Gasteiger charge is -2.05. The number of anilines is 1. The average molecular weight is 275 g/mol. The molecule has 1 aromatic heterocycles. The van der Waals surface area contributed by atoms with Crippen molar-refractivity contribution in [2.75, 3.05) is 5.32 Å². The van der Waals surface area contributed by atoms with Gasteiger partial charge >= 0.3 is 5.97 Å². The van der Waals surface area contributed by atoms with E-state index in [0.717, 1.165) is 22.5 Å². The van der Waals surface area contributed by atoms with Gasteiger partial charge in [0.2, 0.25) is 5.91 Å². The molecule has 2 N–H and O–H groups in total. The van der Waals surface area contributed by atoms with E-state index in [1.54, 1.807) is 6.07 Å². The van der Waals surface area contributed by atoms with E-state index in [-0.39, 0.29) is 17.2 Å². The van der Waals surface area contributed by atoms with Gasteiger partial charge < -0.3 is 10.4 Å². The van der Waals surface area contributed by atoms with Crippen LogP contribution in [0.3, 0.4) is 0 Å². The minimum Gasteiger partial charge on any atom is -0.477 e. The Bertz CT molecular complexity index is 619. The van der Waals surface area contributed by atoms with Crippen LogP contribution in [0.4, 0.5) is 5.00 Å². The zero-order valence-corrected chi connectivity index (χ0v) is 11.2. The molecule has 5 heteroatoms. The Morgan fingerprint density at radius 2 is 1.95 bits per heavy atom. The molecule has 0 aliphatic carbocycles. The van der Waals surface area contributed by atoms with Crippen LogP contribution in [0.1, 0.15) is 20.8 Å². The van der Waals surface area contributed by atoms with Gasteiger partial charge in [-0.05, 0) is 30.2 Å². The van der Waals surface area contributed by atoms with Crippen molar-refractivity contribution in [3.05, 3.63) is 52.4 Å². The summed E-state index contributed by atoms with van der Waals surface area (Å²) < 4.78 is 0. The zero-order chi connectivity index (χ0) is 13.8. The van der Waals surface area contributed by atoms with E-state index in [1.165, 1.54) is 6.07 Å². The fourth-order valence-electron chi connectivity index (χ4n) is 1.68. The SMILES string of the molecule is Cc1ccccc1CC(=O)Nc1ccc(C(=O)O)s1. The highest BCUT2D eigenvalue weighted by Crippen LogP contribution is 2.22. The Balaban J connectivity index is 2.01. The molecule has 0 radical (unpaired) electrons. The second-order valence-corrected chi connectivity index (χ2v) is 5.20. The number of benzene rings is 1. The van der Waals surface area contributed by atoms with E-state index < -0.39 is 5.97 Å². The molecule has 0 saturated heterocycles. The summed E-state index contributed by atoms with van der Waals surface area (Å²) in [5.41, 5.74) is 2.03. The molecular formula is C14H13NO3S. The van der Waals surface area contributed by atoms with Crippen LogP contribution in [0.25, 0.3) is 0 Å². The maximum atomic E-state index is 11.9. The summed E-state index contributed by atoms with van der Waals surface area (Å²) in [6.45, 7) is 1.95. The van der Waals surface area contributed by atoms with Gasteiger partial charge in [0, 0.05) is 0 Å². The number of carboxylic acid groups (broad SMARTS) is 1. The fraction of sp³-hybridized carbons (Fsp3) is 0.143. The monoisotopic (exact) mass is 275 g/mol. The standard InChI is InChI=1S/C14H13NO3S/c1-9-4-2-3-5-10(9)8-12(16)15-13-7-6-11(19-13)14(17)18/h2-7H,8H2,1H3,(H,15,16)(H,17,18). The van der Waals surface area contributed by atoms with Crippen LogP contribution in [-0.2, 0) is 11.2 Å². The highest BCUT2D eigenvalue weighted by molar-refractivity contribution is 7.18. The number of thiophene rings is 1. The first kappa shape index (κ1) is 13.3. The number of amides is 1. The van der Waals surface area contributed by atoms with Crippen molar-refractivity contribution in [3.63, 3.8) is 0 Å². The largest absolute Gasteiger partial charge is 0.477 e. The van der Waals surface area contributed by atoms with Gasteiger partial charge in [0.25, 0.3) is 0 Å². The maximum absolute atomic E-state index is 11.9. The lowest BCUT2D eigenvalue weighted by atomic mass is 10.1. The molecule has 1 heterocycles. The highest BCUT2D eigenvalue weighted by atomic mass is 32.1. The zero-order valence-electron chi connectivity index (χ0n) is 10.3. The Morgan fingerprint density at radius 3 is 2.58 bits per heavy atom. The van der Waals surface area contributed by atoms with Gasteiger partial charge in [0.1, 0.15) is 4.88 Å². The van der Waals surface area contributed by atoms with E-state index in [9.17, 15) is 9.59 Å². The number of hydrogen-bond acceptors (Lipinski definition) is 3. The van der Waals surface area contributed by atoms with E-state index >= 15 is 0 Å². The van der Waals surface area contributed by atoms with Gasteiger partial charge in [-0.1, -0.05) is 24.3 Å². The summed E-state index contributed by atoms with van der Waals surface area (Å²) in [5, 5.41) is 12.1. The Morgan fingerprint density at radius 1 is 1.21 bits per heavy atom. The second-order valence-electron chi connectivity index (χ2n) is 4.12. The van der Waals surface area contributed by atoms with Gasteiger partial charge in [-0.15, -0.1) is 11.3 Å². The molecule has 2 aromatic rings. The van der Waals surface area contributed by atoms with Crippen LogP contribution in [-0.4, -0.2) is 17.0 Å². The normalized spacial score (nSPS) is 10.2. The van der Waals surface area contributed by atoms with E-state index in [0.29, 0.717) is 5.00 Å². The predicted octanol–water partition coefficient (Wildman–Crippen LogP) is 2.94. The molecule has 0 atom stereocenters. The van der Waals surface area contributed by atoms with Crippen LogP contribution in [0, 0.1) is 6.92 Å². The number of carbonyl (C=O) groups excluding carboxylic acids is 1. The Hall–Kier alpha value is -2.14. The molecule has 98 valence electrons. The summed E-state index contributed by atoms with van der Waals surface area (Å²) in [4.78, 5) is 22.8.